The summed E-state index contributed by atoms with van der Waals surface area (Å²) < 4.78 is 9.10. The molecular weight excluding hydrogens is 276 g/mol. The van der Waals surface area contributed by atoms with Gasteiger partial charge < -0.3 is 9.47 Å². The Morgan fingerprint density at radius 1 is 1.25 bits per heavy atom. The van der Waals surface area contributed by atoms with E-state index in [4.69, 9.17) is 9.47 Å². The lowest BCUT2D eigenvalue weighted by Gasteiger charge is -2.14. The van der Waals surface area contributed by atoms with E-state index in [2.05, 4.69) is 22.5 Å². The zero-order valence-corrected chi connectivity index (χ0v) is 11.2. The summed E-state index contributed by atoms with van der Waals surface area (Å²) in [6.45, 7) is 7.38. The van der Waals surface area contributed by atoms with Crippen LogP contribution in [-0.2, 0) is 19.1 Å². The Morgan fingerprint density at radius 3 is 2.19 bits per heavy atom. The number of halogens is 1. The Balaban J connectivity index is 3.44. The summed E-state index contributed by atoms with van der Waals surface area (Å²) in [5.41, 5.74) is 0. The van der Waals surface area contributed by atoms with Crippen LogP contribution in [0.25, 0.3) is 0 Å². The summed E-state index contributed by atoms with van der Waals surface area (Å²) in [5.74, 6) is -0.728. The van der Waals surface area contributed by atoms with Gasteiger partial charge in [0.1, 0.15) is 4.32 Å². The van der Waals surface area contributed by atoms with Crippen molar-refractivity contribution in [2.75, 3.05) is 13.2 Å². The average Bonchev–Trinajstić information content (AvgIpc) is 2.20. The van der Waals surface area contributed by atoms with E-state index in [0.29, 0.717) is 26.1 Å². The van der Waals surface area contributed by atoms with Gasteiger partial charge in [-0.05, 0) is 26.7 Å². The number of hydrogen-bond donors (Lipinski definition) is 0. The molecule has 0 fully saturated rings. The highest BCUT2D eigenvalue weighted by Crippen LogP contribution is 2.17. The Bertz CT molecular complexity index is 255. The number of unbranched alkanes of at least 4 members (excludes halogenated alkanes) is 1. The van der Waals surface area contributed by atoms with E-state index in [1.165, 1.54) is 0 Å². The first-order chi connectivity index (χ1) is 7.38. The van der Waals surface area contributed by atoms with E-state index in [1.54, 1.807) is 13.8 Å². The van der Waals surface area contributed by atoms with E-state index in [1.807, 2.05) is 0 Å². The van der Waals surface area contributed by atoms with Crippen LogP contribution >= 0.6 is 15.9 Å². The van der Waals surface area contributed by atoms with Crippen molar-refractivity contribution in [2.24, 2.45) is 0 Å². The molecule has 0 spiro atoms. The minimum atomic E-state index is -0.650. The standard InChI is InChI=1S/C11H17BrO4/c1-4-9(13)15-7-5-6-8-16-10(14)11(2,3)12/h4H,1,5-8H2,2-3H3. The lowest BCUT2D eigenvalue weighted by molar-refractivity contribution is -0.146. The van der Waals surface area contributed by atoms with Gasteiger partial charge in [0.15, 0.2) is 0 Å². The van der Waals surface area contributed by atoms with Crippen LogP contribution in [0.5, 0.6) is 0 Å². The fraction of sp³-hybridized carbons (Fsp3) is 0.636. The minimum absolute atomic E-state index is 0.296. The highest BCUT2D eigenvalue weighted by Gasteiger charge is 2.24. The number of hydrogen-bond acceptors (Lipinski definition) is 4. The molecule has 0 aromatic carbocycles. The van der Waals surface area contributed by atoms with Gasteiger partial charge in [0.25, 0.3) is 0 Å². The van der Waals surface area contributed by atoms with Crippen LogP contribution in [0.15, 0.2) is 12.7 Å². The molecule has 0 atom stereocenters. The van der Waals surface area contributed by atoms with Crippen LogP contribution in [0.4, 0.5) is 0 Å². The number of rotatable bonds is 7. The van der Waals surface area contributed by atoms with Crippen LogP contribution in [0.2, 0.25) is 0 Å². The monoisotopic (exact) mass is 292 g/mol. The molecule has 0 amide bonds. The van der Waals surface area contributed by atoms with Gasteiger partial charge in [0, 0.05) is 6.08 Å². The molecule has 5 heteroatoms. The van der Waals surface area contributed by atoms with Gasteiger partial charge in [0.2, 0.25) is 0 Å². The highest BCUT2D eigenvalue weighted by atomic mass is 79.9. The third-order valence-electron chi connectivity index (χ3n) is 1.67. The quantitative estimate of drug-likeness (QED) is 0.312. The molecule has 0 N–H and O–H groups in total. The van der Waals surface area contributed by atoms with Gasteiger partial charge in [0.05, 0.1) is 13.2 Å². The molecule has 0 bridgehead atoms. The molecule has 0 aliphatic rings. The van der Waals surface area contributed by atoms with Crippen LogP contribution in [-0.4, -0.2) is 29.5 Å². The molecule has 0 heterocycles. The lowest BCUT2D eigenvalue weighted by atomic mass is 10.2. The van der Waals surface area contributed by atoms with E-state index in [0.717, 1.165) is 6.08 Å². The Hall–Kier alpha value is -0.840. The van der Waals surface area contributed by atoms with Crippen molar-refractivity contribution in [1.82, 2.24) is 0 Å². The molecule has 0 radical (unpaired) electrons. The van der Waals surface area contributed by atoms with Gasteiger partial charge in [-0.3, -0.25) is 4.79 Å². The number of alkyl halides is 1. The molecule has 0 aromatic rings. The Kier molecular flexibility index (Phi) is 7.05. The zero-order chi connectivity index (χ0) is 12.6. The van der Waals surface area contributed by atoms with Crippen LogP contribution in [0.1, 0.15) is 26.7 Å². The molecule has 92 valence electrons. The first kappa shape index (κ1) is 15.2. The third-order valence-corrected chi connectivity index (χ3v) is 1.99. The molecule has 0 saturated carbocycles. The van der Waals surface area contributed by atoms with Crippen molar-refractivity contribution in [3.05, 3.63) is 12.7 Å². The van der Waals surface area contributed by atoms with Gasteiger partial charge in [-0.15, -0.1) is 0 Å². The van der Waals surface area contributed by atoms with Crippen LogP contribution in [0.3, 0.4) is 0 Å². The SMILES string of the molecule is C=CC(=O)OCCCCOC(=O)C(C)(C)Br. The van der Waals surface area contributed by atoms with E-state index in [9.17, 15) is 9.59 Å². The van der Waals surface area contributed by atoms with Crippen molar-refractivity contribution in [3.63, 3.8) is 0 Å². The highest BCUT2D eigenvalue weighted by molar-refractivity contribution is 9.10. The van der Waals surface area contributed by atoms with Gasteiger partial charge >= 0.3 is 11.9 Å². The summed E-state index contributed by atoms with van der Waals surface area (Å²) in [6.07, 6.45) is 2.45. The maximum atomic E-state index is 11.3. The van der Waals surface area contributed by atoms with Crippen molar-refractivity contribution < 1.29 is 19.1 Å². The first-order valence-electron chi connectivity index (χ1n) is 5.03. The largest absolute Gasteiger partial charge is 0.465 e. The lowest BCUT2D eigenvalue weighted by Crippen LogP contribution is -2.26. The van der Waals surface area contributed by atoms with Crippen LogP contribution < -0.4 is 0 Å². The summed E-state index contributed by atoms with van der Waals surface area (Å²) in [6, 6.07) is 0. The van der Waals surface area contributed by atoms with Crippen molar-refractivity contribution in [3.8, 4) is 0 Å². The molecule has 0 unspecified atom stereocenters. The predicted octanol–water partition coefficient (Wildman–Crippen LogP) is 2.21. The maximum absolute atomic E-state index is 11.3. The summed E-state index contributed by atoms with van der Waals surface area (Å²) >= 11 is 3.20. The van der Waals surface area contributed by atoms with Crippen LogP contribution in [0, 0.1) is 0 Å². The van der Waals surface area contributed by atoms with Gasteiger partial charge in [-0.1, -0.05) is 22.5 Å². The second kappa shape index (κ2) is 7.44. The zero-order valence-electron chi connectivity index (χ0n) is 9.62. The van der Waals surface area contributed by atoms with E-state index < -0.39 is 10.3 Å². The fourth-order valence-corrected chi connectivity index (χ4v) is 0.887. The molecule has 0 aliphatic carbocycles. The molecule has 0 aromatic heterocycles. The number of carbonyl (C=O) groups is 2. The third kappa shape index (κ3) is 7.45. The Morgan fingerprint density at radius 2 is 1.75 bits per heavy atom. The summed E-state index contributed by atoms with van der Waals surface area (Å²) in [7, 11) is 0. The number of carbonyl (C=O) groups excluding carboxylic acids is 2. The maximum Gasteiger partial charge on any atom is 0.330 e. The smallest absolute Gasteiger partial charge is 0.330 e. The number of ether oxygens (including phenoxy) is 2. The summed E-state index contributed by atoms with van der Waals surface area (Å²) in [4.78, 5) is 21.9. The summed E-state index contributed by atoms with van der Waals surface area (Å²) in [5, 5.41) is 0. The minimum Gasteiger partial charge on any atom is -0.465 e. The second-order valence-corrected chi connectivity index (χ2v) is 5.67. The molecule has 4 nitrogen and oxygen atoms in total. The van der Waals surface area contributed by atoms with Crippen molar-refractivity contribution in [2.45, 2.75) is 31.0 Å². The topological polar surface area (TPSA) is 52.6 Å². The van der Waals surface area contributed by atoms with Gasteiger partial charge in [-0.2, -0.15) is 0 Å². The fourth-order valence-electron chi connectivity index (χ4n) is 0.772. The van der Waals surface area contributed by atoms with Gasteiger partial charge in [-0.25, -0.2) is 4.79 Å². The molecule has 16 heavy (non-hydrogen) atoms. The first-order valence-corrected chi connectivity index (χ1v) is 5.82. The van der Waals surface area contributed by atoms with E-state index >= 15 is 0 Å². The molecule has 0 aliphatic heterocycles. The van der Waals surface area contributed by atoms with Crippen molar-refractivity contribution in [1.29, 1.82) is 0 Å². The molecule has 0 rings (SSSR count). The van der Waals surface area contributed by atoms with Crippen molar-refractivity contribution >= 4 is 27.9 Å². The normalized spacial score (nSPS) is 10.7. The Labute approximate surface area is 104 Å². The average molecular weight is 293 g/mol. The van der Waals surface area contributed by atoms with E-state index in [-0.39, 0.29) is 5.97 Å². The molecular formula is C11H17BrO4. The predicted molar refractivity (Wildman–Crippen MR) is 64.4 cm³/mol. The number of esters is 2. The second-order valence-electron chi connectivity index (χ2n) is 3.69. The molecule has 0 saturated heterocycles.